The van der Waals surface area contributed by atoms with Crippen molar-refractivity contribution in [2.45, 2.75) is 32.4 Å². The Morgan fingerprint density at radius 3 is 2.45 bits per heavy atom. The summed E-state index contributed by atoms with van der Waals surface area (Å²) in [7, 11) is 1.66. The van der Waals surface area contributed by atoms with Crippen LogP contribution in [0.1, 0.15) is 20.3 Å². The quantitative estimate of drug-likeness (QED) is 0.585. The van der Waals surface area contributed by atoms with Gasteiger partial charge < -0.3 is 15.2 Å². The highest BCUT2D eigenvalue weighted by Crippen LogP contribution is 1.99. The summed E-state index contributed by atoms with van der Waals surface area (Å²) in [6.45, 7) is 5.32. The Kier molecular flexibility index (Phi) is 6.51. The van der Waals surface area contributed by atoms with Gasteiger partial charge in [0.2, 0.25) is 0 Å². The van der Waals surface area contributed by atoms with Gasteiger partial charge in [-0.3, -0.25) is 0 Å². The van der Waals surface area contributed by atoms with Gasteiger partial charge in [0.15, 0.2) is 0 Å². The first-order valence-corrected chi connectivity index (χ1v) is 4.08. The molecule has 2 unspecified atom stereocenters. The normalized spacial score (nSPS) is 16.4. The van der Waals surface area contributed by atoms with Crippen molar-refractivity contribution in [1.82, 2.24) is 0 Å². The summed E-state index contributed by atoms with van der Waals surface area (Å²) in [6, 6.07) is 0.145. The van der Waals surface area contributed by atoms with E-state index in [1.165, 1.54) is 0 Å². The lowest BCUT2D eigenvalue weighted by Gasteiger charge is -2.18. The van der Waals surface area contributed by atoms with Gasteiger partial charge in [0.1, 0.15) is 0 Å². The van der Waals surface area contributed by atoms with Crippen LogP contribution in [0.3, 0.4) is 0 Å². The number of ether oxygens (including phenoxy) is 2. The Morgan fingerprint density at radius 1 is 1.36 bits per heavy atom. The summed E-state index contributed by atoms with van der Waals surface area (Å²) in [4.78, 5) is 0. The van der Waals surface area contributed by atoms with Gasteiger partial charge in [0, 0.05) is 13.2 Å². The van der Waals surface area contributed by atoms with E-state index in [0.29, 0.717) is 13.2 Å². The van der Waals surface area contributed by atoms with Crippen molar-refractivity contribution in [2.24, 2.45) is 5.73 Å². The maximum Gasteiger partial charge on any atom is 0.0704 e. The molecule has 0 saturated carbocycles. The highest BCUT2D eigenvalue weighted by atomic mass is 16.5. The summed E-state index contributed by atoms with van der Waals surface area (Å²) in [6.07, 6.45) is 1.09. The molecule has 3 heteroatoms. The van der Waals surface area contributed by atoms with E-state index in [0.717, 1.165) is 6.42 Å². The van der Waals surface area contributed by atoms with Gasteiger partial charge in [-0.15, -0.1) is 0 Å². The SMILES string of the molecule is CCC(N)C(C)OCCOC. The summed E-state index contributed by atoms with van der Waals surface area (Å²) < 4.78 is 10.2. The van der Waals surface area contributed by atoms with E-state index in [2.05, 4.69) is 6.92 Å². The van der Waals surface area contributed by atoms with Gasteiger partial charge in [-0.05, 0) is 13.3 Å². The molecule has 0 spiro atoms. The van der Waals surface area contributed by atoms with E-state index >= 15 is 0 Å². The van der Waals surface area contributed by atoms with Crippen LogP contribution in [0, 0.1) is 0 Å². The maximum atomic E-state index is 5.73. The van der Waals surface area contributed by atoms with E-state index in [1.807, 2.05) is 6.92 Å². The average Bonchev–Trinajstić information content (AvgIpc) is 2.03. The third kappa shape index (κ3) is 5.18. The largest absolute Gasteiger partial charge is 0.382 e. The Morgan fingerprint density at radius 2 is 2.00 bits per heavy atom. The van der Waals surface area contributed by atoms with E-state index in [4.69, 9.17) is 15.2 Å². The Hall–Kier alpha value is -0.120. The standard InChI is InChI=1S/C8H19NO2/c1-4-8(9)7(2)11-6-5-10-3/h7-8H,4-6,9H2,1-3H3. The van der Waals surface area contributed by atoms with Crippen molar-refractivity contribution in [3.8, 4) is 0 Å². The van der Waals surface area contributed by atoms with Crippen molar-refractivity contribution in [3.63, 3.8) is 0 Å². The molecule has 68 valence electrons. The Bertz CT molecular complexity index is 88.2. The lowest BCUT2D eigenvalue weighted by Crippen LogP contribution is -2.34. The molecule has 0 bridgehead atoms. The molecule has 0 aliphatic rings. The zero-order chi connectivity index (χ0) is 8.69. The van der Waals surface area contributed by atoms with E-state index < -0.39 is 0 Å². The fourth-order valence-corrected chi connectivity index (χ4v) is 0.773. The lowest BCUT2D eigenvalue weighted by molar-refractivity contribution is 0.0138. The molecule has 0 aliphatic heterocycles. The average molecular weight is 161 g/mol. The Labute approximate surface area is 68.9 Å². The van der Waals surface area contributed by atoms with Crippen LogP contribution in [0.25, 0.3) is 0 Å². The van der Waals surface area contributed by atoms with E-state index in [-0.39, 0.29) is 12.1 Å². The van der Waals surface area contributed by atoms with Gasteiger partial charge >= 0.3 is 0 Å². The molecule has 0 amide bonds. The van der Waals surface area contributed by atoms with Crippen LogP contribution in [-0.4, -0.2) is 32.5 Å². The first kappa shape index (κ1) is 10.9. The van der Waals surface area contributed by atoms with Gasteiger partial charge in [0.25, 0.3) is 0 Å². The van der Waals surface area contributed by atoms with E-state index in [9.17, 15) is 0 Å². The van der Waals surface area contributed by atoms with E-state index in [1.54, 1.807) is 7.11 Å². The number of rotatable bonds is 6. The highest BCUT2D eigenvalue weighted by molar-refractivity contribution is 4.66. The summed E-state index contributed by atoms with van der Waals surface area (Å²) in [5, 5.41) is 0. The van der Waals surface area contributed by atoms with Crippen molar-refractivity contribution < 1.29 is 9.47 Å². The fourth-order valence-electron chi connectivity index (χ4n) is 0.773. The minimum atomic E-state index is 0.134. The van der Waals surface area contributed by atoms with Crippen LogP contribution in [0.2, 0.25) is 0 Å². The van der Waals surface area contributed by atoms with Crippen LogP contribution in [-0.2, 0) is 9.47 Å². The van der Waals surface area contributed by atoms with Gasteiger partial charge in [-0.25, -0.2) is 0 Å². The smallest absolute Gasteiger partial charge is 0.0704 e. The highest BCUT2D eigenvalue weighted by Gasteiger charge is 2.09. The maximum absolute atomic E-state index is 5.73. The monoisotopic (exact) mass is 161 g/mol. The molecule has 0 rings (SSSR count). The molecule has 3 nitrogen and oxygen atoms in total. The first-order chi connectivity index (χ1) is 5.22. The molecule has 0 fully saturated rings. The van der Waals surface area contributed by atoms with Crippen LogP contribution < -0.4 is 5.73 Å². The topological polar surface area (TPSA) is 44.5 Å². The molecule has 0 aromatic carbocycles. The summed E-state index contributed by atoms with van der Waals surface area (Å²) >= 11 is 0. The number of hydrogen-bond acceptors (Lipinski definition) is 3. The minimum absolute atomic E-state index is 0.134. The van der Waals surface area contributed by atoms with Crippen LogP contribution in [0.15, 0.2) is 0 Å². The molecule has 2 atom stereocenters. The van der Waals surface area contributed by atoms with Crippen molar-refractivity contribution in [3.05, 3.63) is 0 Å². The first-order valence-electron chi connectivity index (χ1n) is 4.08. The summed E-state index contributed by atoms with van der Waals surface area (Å²) in [5.74, 6) is 0. The second-order valence-electron chi connectivity index (χ2n) is 2.64. The molecule has 2 N–H and O–H groups in total. The third-order valence-electron chi connectivity index (χ3n) is 1.74. The second kappa shape index (κ2) is 6.58. The fraction of sp³-hybridized carbons (Fsp3) is 1.00. The second-order valence-corrected chi connectivity index (χ2v) is 2.64. The van der Waals surface area contributed by atoms with Crippen LogP contribution in [0.4, 0.5) is 0 Å². The molecule has 0 heterocycles. The number of hydrogen-bond donors (Lipinski definition) is 1. The molecule has 0 aromatic heterocycles. The van der Waals surface area contributed by atoms with Gasteiger partial charge in [-0.2, -0.15) is 0 Å². The predicted molar refractivity (Wildman–Crippen MR) is 45.6 cm³/mol. The summed E-state index contributed by atoms with van der Waals surface area (Å²) in [5.41, 5.74) is 5.73. The van der Waals surface area contributed by atoms with Gasteiger partial charge in [0.05, 0.1) is 19.3 Å². The number of methoxy groups -OCH3 is 1. The minimum Gasteiger partial charge on any atom is -0.382 e. The molecule has 0 aromatic rings. The lowest BCUT2D eigenvalue weighted by atomic mass is 10.1. The zero-order valence-corrected chi connectivity index (χ0v) is 7.67. The number of nitrogens with two attached hydrogens (primary N) is 1. The molecule has 11 heavy (non-hydrogen) atoms. The predicted octanol–water partition coefficient (Wildman–Crippen LogP) is 0.775. The molecular weight excluding hydrogens is 142 g/mol. The molecule has 0 aliphatic carbocycles. The third-order valence-corrected chi connectivity index (χ3v) is 1.74. The van der Waals surface area contributed by atoms with Gasteiger partial charge in [-0.1, -0.05) is 6.92 Å². The van der Waals surface area contributed by atoms with Crippen molar-refractivity contribution >= 4 is 0 Å². The van der Waals surface area contributed by atoms with Crippen LogP contribution in [0.5, 0.6) is 0 Å². The molecular formula is C8H19NO2. The molecule has 0 saturated heterocycles. The van der Waals surface area contributed by atoms with Crippen molar-refractivity contribution in [2.75, 3.05) is 20.3 Å². The molecule has 0 radical (unpaired) electrons. The van der Waals surface area contributed by atoms with Crippen LogP contribution >= 0.6 is 0 Å². The Balaban J connectivity index is 3.28. The van der Waals surface area contributed by atoms with Crippen molar-refractivity contribution in [1.29, 1.82) is 0 Å². The zero-order valence-electron chi connectivity index (χ0n) is 7.67.